The van der Waals surface area contributed by atoms with Gasteiger partial charge in [-0.25, -0.2) is 13.1 Å². The Balaban J connectivity index is 2.13. The van der Waals surface area contributed by atoms with Crippen LogP contribution in [0.5, 0.6) is 0 Å². The summed E-state index contributed by atoms with van der Waals surface area (Å²) in [6.45, 7) is 1.60. The molecule has 2 atom stereocenters. The number of hydrogen-bond donors (Lipinski definition) is 1. The van der Waals surface area contributed by atoms with Crippen molar-refractivity contribution in [2.24, 2.45) is 11.8 Å². The van der Waals surface area contributed by atoms with Gasteiger partial charge in [0.15, 0.2) is 0 Å². The second kappa shape index (κ2) is 4.37. The molecule has 0 aromatic rings. The summed E-state index contributed by atoms with van der Waals surface area (Å²) in [5.74, 6) is 0.719. The molecule has 2 saturated carbocycles. The standard InChI is InChI=1S/C11H18F3NO2S/c1-10(15-18(16,17)11(12,13)14)6-8-3-2-4-9(5-8)7-10/h8-9,15H,2-7H2,1H3. The van der Waals surface area contributed by atoms with Gasteiger partial charge >= 0.3 is 15.5 Å². The first-order chi connectivity index (χ1) is 8.11. The summed E-state index contributed by atoms with van der Waals surface area (Å²) in [5.41, 5.74) is -6.16. The molecule has 18 heavy (non-hydrogen) atoms. The molecule has 0 heterocycles. The molecule has 0 saturated heterocycles. The fourth-order valence-electron chi connectivity index (χ4n) is 3.60. The maximum Gasteiger partial charge on any atom is 0.511 e. The predicted molar refractivity (Wildman–Crippen MR) is 61.2 cm³/mol. The quantitative estimate of drug-likeness (QED) is 0.848. The molecule has 2 fully saturated rings. The molecule has 1 N–H and O–H groups in total. The number of halogens is 3. The molecule has 0 amide bonds. The maximum absolute atomic E-state index is 12.4. The van der Waals surface area contributed by atoms with Gasteiger partial charge in [-0.15, -0.1) is 0 Å². The molecular weight excluding hydrogens is 267 g/mol. The van der Waals surface area contributed by atoms with Crippen LogP contribution in [0.25, 0.3) is 0 Å². The predicted octanol–water partition coefficient (Wildman–Crippen LogP) is 2.78. The van der Waals surface area contributed by atoms with Gasteiger partial charge in [0.1, 0.15) is 0 Å². The van der Waals surface area contributed by atoms with Crippen LogP contribution in [-0.4, -0.2) is 19.5 Å². The van der Waals surface area contributed by atoms with Crippen molar-refractivity contribution in [3.8, 4) is 0 Å². The molecule has 2 aliphatic rings. The molecular formula is C11H18F3NO2S. The number of alkyl halides is 3. The largest absolute Gasteiger partial charge is 0.511 e. The van der Waals surface area contributed by atoms with Crippen molar-refractivity contribution in [3.05, 3.63) is 0 Å². The van der Waals surface area contributed by atoms with Crippen LogP contribution in [0, 0.1) is 11.8 Å². The van der Waals surface area contributed by atoms with Crippen molar-refractivity contribution in [1.29, 1.82) is 0 Å². The Labute approximate surface area is 105 Å². The molecule has 106 valence electrons. The lowest BCUT2D eigenvalue weighted by molar-refractivity contribution is -0.0464. The minimum Gasteiger partial charge on any atom is -0.203 e. The Bertz CT molecular complexity index is 406. The van der Waals surface area contributed by atoms with Gasteiger partial charge in [-0.2, -0.15) is 13.2 Å². The molecule has 3 nitrogen and oxygen atoms in total. The molecule has 0 aromatic heterocycles. The third-order valence-electron chi connectivity index (χ3n) is 4.06. The Morgan fingerprint density at radius 1 is 1.17 bits per heavy atom. The van der Waals surface area contributed by atoms with Crippen molar-refractivity contribution in [3.63, 3.8) is 0 Å². The summed E-state index contributed by atoms with van der Waals surface area (Å²) < 4.78 is 61.5. The SMILES string of the molecule is CC1(NS(=O)(=O)C(F)(F)F)CC2CCCC(C2)C1. The molecule has 7 heteroatoms. The minimum absolute atomic E-state index is 0.360. The number of rotatable bonds is 2. The lowest BCUT2D eigenvalue weighted by Crippen LogP contribution is -2.54. The molecule has 0 radical (unpaired) electrons. The van der Waals surface area contributed by atoms with Crippen LogP contribution in [0.1, 0.15) is 45.4 Å². The van der Waals surface area contributed by atoms with Gasteiger partial charge in [0.2, 0.25) is 0 Å². The molecule has 0 aromatic carbocycles. The molecule has 2 bridgehead atoms. The van der Waals surface area contributed by atoms with Crippen molar-refractivity contribution < 1.29 is 21.6 Å². The van der Waals surface area contributed by atoms with Crippen LogP contribution in [0.3, 0.4) is 0 Å². The van der Waals surface area contributed by atoms with Gasteiger partial charge in [0.05, 0.1) is 0 Å². The zero-order chi connectivity index (χ0) is 13.6. The van der Waals surface area contributed by atoms with E-state index in [4.69, 9.17) is 0 Å². The highest BCUT2D eigenvalue weighted by atomic mass is 32.2. The fourth-order valence-corrected chi connectivity index (χ4v) is 4.53. The van der Waals surface area contributed by atoms with Gasteiger partial charge in [-0.05, 0) is 38.0 Å². The second-order valence-corrected chi connectivity index (χ2v) is 7.59. The Kier molecular flexibility index (Phi) is 3.43. The van der Waals surface area contributed by atoms with Crippen LogP contribution in [0.4, 0.5) is 13.2 Å². The molecule has 2 rings (SSSR count). The second-order valence-electron chi connectivity index (χ2n) is 5.92. The zero-order valence-electron chi connectivity index (χ0n) is 10.3. The van der Waals surface area contributed by atoms with E-state index in [2.05, 4.69) is 0 Å². The van der Waals surface area contributed by atoms with Gasteiger partial charge in [-0.3, -0.25) is 0 Å². The number of hydrogen-bond acceptors (Lipinski definition) is 2. The van der Waals surface area contributed by atoms with E-state index in [1.165, 1.54) is 0 Å². The lowest BCUT2D eigenvalue weighted by Gasteiger charge is -2.45. The first kappa shape index (κ1) is 14.1. The summed E-state index contributed by atoms with van der Waals surface area (Å²) in [7, 11) is -5.24. The molecule has 2 aliphatic carbocycles. The van der Waals surface area contributed by atoms with E-state index in [-0.39, 0.29) is 0 Å². The normalized spacial score (nSPS) is 37.6. The van der Waals surface area contributed by atoms with Crippen LogP contribution in [0.2, 0.25) is 0 Å². The first-order valence-corrected chi connectivity index (χ1v) is 7.70. The van der Waals surface area contributed by atoms with E-state index >= 15 is 0 Å². The number of nitrogens with one attached hydrogen (secondary N) is 1. The van der Waals surface area contributed by atoms with E-state index in [0.717, 1.165) is 25.7 Å². The van der Waals surface area contributed by atoms with Crippen LogP contribution in [-0.2, 0) is 10.0 Å². The van der Waals surface area contributed by atoms with Crippen LogP contribution >= 0.6 is 0 Å². The zero-order valence-corrected chi connectivity index (χ0v) is 11.1. The van der Waals surface area contributed by atoms with Gasteiger partial charge < -0.3 is 0 Å². The van der Waals surface area contributed by atoms with E-state index < -0.39 is 21.1 Å². The van der Waals surface area contributed by atoms with Crippen molar-refractivity contribution in [2.45, 2.75) is 56.5 Å². The third-order valence-corrected chi connectivity index (χ3v) is 5.43. The average Bonchev–Trinajstić information content (AvgIpc) is 2.12. The smallest absolute Gasteiger partial charge is 0.203 e. The van der Waals surface area contributed by atoms with Crippen LogP contribution in [0.15, 0.2) is 0 Å². The van der Waals surface area contributed by atoms with Gasteiger partial charge in [0.25, 0.3) is 0 Å². The van der Waals surface area contributed by atoms with Gasteiger partial charge in [0, 0.05) is 5.54 Å². The Morgan fingerprint density at radius 2 is 1.67 bits per heavy atom. The van der Waals surface area contributed by atoms with Crippen molar-refractivity contribution >= 4 is 10.0 Å². The summed E-state index contributed by atoms with van der Waals surface area (Å²) in [5, 5.41) is 0. The summed E-state index contributed by atoms with van der Waals surface area (Å²) in [6.07, 6.45) is 5.16. The fraction of sp³-hybridized carbons (Fsp3) is 1.00. The van der Waals surface area contributed by atoms with Crippen LogP contribution < -0.4 is 4.72 Å². The molecule has 2 unspecified atom stereocenters. The molecule has 0 aliphatic heterocycles. The highest BCUT2D eigenvalue weighted by Gasteiger charge is 2.51. The van der Waals surface area contributed by atoms with E-state index in [1.54, 1.807) is 6.92 Å². The average molecular weight is 285 g/mol. The van der Waals surface area contributed by atoms with Crippen molar-refractivity contribution in [1.82, 2.24) is 4.72 Å². The number of sulfonamides is 1. The Hall–Kier alpha value is -0.300. The number of fused-ring (bicyclic) bond motifs is 2. The summed E-state index contributed by atoms with van der Waals surface area (Å²) >= 11 is 0. The lowest BCUT2D eigenvalue weighted by atomic mass is 9.66. The molecule has 0 spiro atoms. The monoisotopic (exact) mass is 285 g/mol. The van der Waals surface area contributed by atoms with Crippen molar-refractivity contribution in [2.75, 3.05) is 0 Å². The summed E-state index contributed by atoms with van der Waals surface area (Å²) in [6, 6.07) is 0. The maximum atomic E-state index is 12.4. The van der Waals surface area contributed by atoms with E-state index in [0.29, 0.717) is 24.7 Å². The Morgan fingerprint density at radius 3 is 2.11 bits per heavy atom. The first-order valence-electron chi connectivity index (χ1n) is 6.22. The topological polar surface area (TPSA) is 46.2 Å². The van der Waals surface area contributed by atoms with E-state index in [9.17, 15) is 21.6 Å². The third kappa shape index (κ3) is 2.82. The summed E-state index contributed by atoms with van der Waals surface area (Å²) in [4.78, 5) is 0. The van der Waals surface area contributed by atoms with Gasteiger partial charge in [-0.1, -0.05) is 19.3 Å². The highest BCUT2D eigenvalue weighted by Crippen LogP contribution is 2.45. The minimum atomic E-state index is -5.24. The van der Waals surface area contributed by atoms with E-state index in [1.807, 2.05) is 4.72 Å². The highest BCUT2D eigenvalue weighted by molar-refractivity contribution is 7.90.